The van der Waals surface area contributed by atoms with Crippen molar-refractivity contribution in [3.05, 3.63) is 28.2 Å². The van der Waals surface area contributed by atoms with Crippen LogP contribution in [0, 0.1) is 0 Å². The number of piperazine rings is 1. The van der Waals surface area contributed by atoms with Gasteiger partial charge in [0.25, 0.3) is 0 Å². The van der Waals surface area contributed by atoms with Crippen molar-refractivity contribution in [2.24, 2.45) is 0 Å². The molecule has 1 atom stereocenters. The van der Waals surface area contributed by atoms with Crippen molar-refractivity contribution >= 4 is 34.8 Å². The van der Waals surface area contributed by atoms with E-state index in [0.717, 1.165) is 32.7 Å². The summed E-state index contributed by atoms with van der Waals surface area (Å²) in [5.74, 6) is -0.0154. The zero-order valence-corrected chi connectivity index (χ0v) is 13.9. The minimum Gasteiger partial charge on any atom is -0.325 e. The summed E-state index contributed by atoms with van der Waals surface area (Å²) in [7, 11) is 0. The molecule has 0 aromatic heterocycles. The zero-order valence-electron chi connectivity index (χ0n) is 12.4. The Kier molecular flexibility index (Phi) is 5.88. The number of hydrogen-bond donors (Lipinski definition) is 1. The van der Waals surface area contributed by atoms with E-state index in [1.54, 1.807) is 18.2 Å². The van der Waals surface area contributed by atoms with E-state index >= 15 is 0 Å². The highest BCUT2D eigenvalue weighted by Gasteiger charge is 2.25. The van der Waals surface area contributed by atoms with Gasteiger partial charge in [-0.05, 0) is 31.7 Å². The number of benzene rings is 1. The van der Waals surface area contributed by atoms with E-state index in [9.17, 15) is 4.79 Å². The highest BCUT2D eigenvalue weighted by Crippen LogP contribution is 2.25. The van der Waals surface area contributed by atoms with Gasteiger partial charge < -0.3 is 10.2 Å². The van der Waals surface area contributed by atoms with E-state index < -0.39 is 0 Å². The molecule has 1 unspecified atom stereocenters. The van der Waals surface area contributed by atoms with Gasteiger partial charge in [-0.2, -0.15) is 0 Å². The number of halogens is 2. The van der Waals surface area contributed by atoms with Gasteiger partial charge in [0, 0.05) is 31.9 Å². The molecule has 1 aliphatic heterocycles. The Labute approximate surface area is 136 Å². The lowest BCUT2D eigenvalue weighted by Crippen LogP contribution is -2.52. The van der Waals surface area contributed by atoms with E-state index in [-0.39, 0.29) is 11.9 Å². The molecule has 21 heavy (non-hydrogen) atoms. The standard InChI is InChI=1S/C15H21Cl2N3O/c1-3-19-6-8-20(9-7-19)11(2)15(21)18-12-4-5-13(16)14(17)10-12/h4-5,10-11H,3,6-9H2,1-2H3,(H,18,21). The molecule has 1 aliphatic rings. The predicted octanol–water partition coefficient (Wildman–Crippen LogP) is 2.96. The van der Waals surface area contributed by atoms with Crippen molar-refractivity contribution in [3.8, 4) is 0 Å². The van der Waals surface area contributed by atoms with Crippen LogP contribution in [-0.2, 0) is 4.79 Å². The fourth-order valence-corrected chi connectivity index (χ4v) is 2.75. The number of hydrogen-bond acceptors (Lipinski definition) is 3. The summed E-state index contributed by atoms with van der Waals surface area (Å²) in [6.45, 7) is 9.04. The number of amides is 1. The van der Waals surface area contributed by atoms with Crippen LogP contribution >= 0.6 is 23.2 Å². The third-order valence-corrected chi connectivity index (χ3v) is 4.71. The van der Waals surface area contributed by atoms with Crippen LogP contribution in [0.15, 0.2) is 18.2 Å². The lowest BCUT2D eigenvalue weighted by Gasteiger charge is -2.36. The second-order valence-electron chi connectivity index (χ2n) is 5.26. The number of carbonyl (C=O) groups excluding carboxylic acids is 1. The van der Waals surface area contributed by atoms with Gasteiger partial charge in [0.05, 0.1) is 16.1 Å². The first-order chi connectivity index (χ1) is 10.0. The molecule has 2 rings (SSSR count). The predicted molar refractivity (Wildman–Crippen MR) is 88.2 cm³/mol. The summed E-state index contributed by atoms with van der Waals surface area (Å²) in [6.07, 6.45) is 0. The lowest BCUT2D eigenvalue weighted by atomic mass is 10.2. The van der Waals surface area contributed by atoms with Gasteiger partial charge >= 0.3 is 0 Å². The molecule has 4 nitrogen and oxygen atoms in total. The van der Waals surface area contributed by atoms with Crippen LogP contribution in [0.1, 0.15) is 13.8 Å². The largest absolute Gasteiger partial charge is 0.325 e. The van der Waals surface area contributed by atoms with E-state index in [1.807, 2.05) is 6.92 Å². The fourth-order valence-electron chi connectivity index (χ4n) is 2.45. The first-order valence-corrected chi connectivity index (χ1v) is 7.99. The number of anilines is 1. The highest BCUT2D eigenvalue weighted by atomic mass is 35.5. The molecule has 1 fully saturated rings. The number of carbonyl (C=O) groups is 1. The molecule has 1 aromatic carbocycles. The normalized spacial score (nSPS) is 18.5. The molecule has 1 N–H and O–H groups in total. The molecule has 1 amide bonds. The number of nitrogens with one attached hydrogen (secondary N) is 1. The molecular formula is C15H21Cl2N3O. The molecule has 1 saturated heterocycles. The molecule has 0 radical (unpaired) electrons. The average Bonchev–Trinajstić information content (AvgIpc) is 2.50. The van der Waals surface area contributed by atoms with Crippen molar-refractivity contribution in [2.45, 2.75) is 19.9 Å². The first kappa shape index (κ1) is 16.6. The van der Waals surface area contributed by atoms with Crippen molar-refractivity contribution in [3.63, 3.8) is 0 Å². The smallest absolute Gasteiger partial charge is 0.241 e. The van der Waals surface area contributed by atoms with Crippen LogP contribution in [-0.4, -0.2) is 54.5 Å². The van der Waals surface area contributed by atoms with Crippen LogP contribution in [0.3, 0.4) is 0 Å². The lowest BCUT2D eigenvalue weighted by molar-refractivity contribution is -0.121. The van der Waals surface area contributed by atoms with E-state index in [0.29, 0.717) is 15.7 Å². The second kappa shape index (κ2) is 7.45. The Morgan fingerprint density at radius 1 is 1.24 bits per heavy atom. The Balaban J connectivity index is 1.92. The van der Waals surface area contributed by atoms with Crippen LogP contribution in [0.25, 0.3) is 0 Å². The van der Waals surface area contributed by atoms with Crippen molar-refractivity contribution in [1.29, 1.82) is 0 Å². The molecule has 0 spiro atoms. The first-order valence-electron chi connectivity index (χ1n) is 7.23. The topological polar surface area (TPSA) is 35.6 Å². The van der Waals surface area contributed by atoms with E-state index in [4.69, 9.17) is 23.2 Å². The molecular weight excluding hydrogens is 309 g/mol. The molecule has 0 aliphatic carbocycles. The van der Waals surface area contributed by atoms with Gasteiger partial charge in [0.15, 0.2) is 0 Å². The van der Waals surface area contributed by atoms with Crippen molar-refractivity contribution in [2.75, 3.05) is 38.0 Å². The third kappa shape index (κ3) is 4.33. The monoisotopic (exact) mass is 329 g/mol. The average molecular weight is 330 g/mol. The van der Waals surface area contributed by atoms with Crippen LogP contribution < -0.4 is 5.32 Å². The summed E-state index contributed by atoms with van der Waals surface area (Å²) >= 11 is 11.8. The maximum absolute atomic E-state index is 12.3. The maximum Gasteiger partial charge on any atom is 0.241 e. The molecule has 0 bridgehead atoms. The number of likely N-dealkylation sites (N-methyl/N-ethyl adjacent to an activating group) is 1. The van der Waals surface area contributed by atoms with Gasteiger partial charge in [-0.1, -0.05) is 30.1 Å². The van der Waals surface area contributed by atoms with Gasteiger partial charge in [0.1, 0.15) is 0 Å². The third-order valence-electron chi connectivity index (χ3n) is 3.97. The van der Waals surface area contributed by atoms with Gasteiger partial charge in [-0.15, -0.1) is 0 Å². The van der Waals surface area contributed by atoms with E-state index in [1.165, 1.54) is 0 Å². The molecule has 1 aromatic rings. The van der Waals surface area contributed by atoms with E-state index in [2.05, 4.69) is 22.0 Å². The van der Waals surface area contributed by atoms with Crippen LogP contribution in [0.5, 0.6) is 0 Å². The minimum atomic E-state index is -0.154. The van der Waals surface area contributed by atoms with Gasteiger partial charge in [0.2, 0.25) is 5.91 Å². The second-order valence-corrected chi connectivity index (χ2v) is 6.08. The maximum atomic E-state index is 12.3. The number of nitrogens with zero attached hydrogens (tertiary/aromatic N) is 2. The molecule has 6 heteroatoms. The summed E-state index contributed by atoms with van der Waals surface area (Å²) in [5, 5.41) is 3.82. The molecule has 116 valence electrons. The van der Waals surface area contributed by atoms with Crippen molar-refractivity contribution in [1.82, 2.24) is 9.80 Å². The minimum absolute atomic E-state index is 0.0154. The summed E-state index contributed by atoms with van der Waals surface area (Å²) in [4.78, 5) is 16.9. The Morgan fingerprint density at radius 2 is 1.90 bits per heavy atom. The Hall–Kier alpha value is -0.810. The van der Waals surface area contributed by atoms with Crippen molar-refractivity contribution < 1.29 is 4.79 Å². The quantitative estimate of drug-likeness (QED) is 0.922. The zero-order chi connectivity index (χ0) is 15.4. The van der Waals surface area contributed by atoms with Gasteiger partial charge in [-0.25, -0.2) is 0 Å². The highest BCUT2D eigenvalue weighted by molar-refractivity contribution is 6.42. The number of rotatable bonds is 4. The summed E-state index contributed by atoms with van der Waals surface area (Å²) in [5.41, 5.74) is 0.674. The molecule has 0 saturated carbocycles. The molecule has 1 heterocycles. The van der Waals surface area contributed by atoms with Crippen LogP contribution in [0.2, 0.25) is 10.0 Å². The Bertz CT molecular complexity index is 502. The van der Waals surface area contributed by atoms with Gasteiger partial charge in [-0.3, -0.25) is 9.69 Å². The Morgan fingerprint density at radius 3 is 2.48 bits per heavy atom. The fraction of sp³-hybridized carbons (Fsp3) is 0.533. The van der Waals surface area contributed by atoms with Crippen LogP contribution in [0.4, 0.5) is 5.69 Å². The summed E-state index contributed by atoms with van der Waals surface area (Å²) < 4.78 is 0. The summed E-state index contributed by atoms with van der Waals surface area (Å²) in [6, 6.07) is 4.96. The SMILES string of the molecule is CCN1CCN(C(C)C(=O)Nc2ccc(Cl)c(Cl)c2)CC1.